The molecule has 6 heteroatoms. The molecular weight excluding hydrogens is 484 g/mol. The SMILES string of the molecule is Cc1c(COc2ccc3c(c2)CN(Cc2cncc(C#N)c2)[C@H](CNCCO)C3)cccc1-c1ccccc1. The summed E-state index contributed by atoms with van der Waals surface area (Å²) in [6.07, 6.45) is 4.33. The smallest absolute Gasteiger partial charge is 0.120 e. The van der Waals surface area contributed by atoms with Crippen LogP contribution < -0.4 is 10.1 Å². The van der Waals surface area contributed by atoms with Crippen molar-refractivity contribution in [3.63, 3.8) is 0 Å². The van der Waals surface area contributed by atoms with Gasteiger partial charge >= 0.3 is 0 Å². The summed E-state index contributed by atoms with van der Waals surface area (Å²) >= 11 is 0. The highest BCUT2D eigenvalue weighted by Gasteiger charge is 2.26. The minimum atomic E-state index is 0.117. The van der Waals surface area contributed by atoms with E-state index in [4.69, 9.17) is 4.74 Å². The van der Waals surface area contributed by atoms with Crippen molar-refractivity contribution in [1.82, 2.24) is 15.2 Å². The van der Waals surface area contributed by atoms with Crippen LogP contribution in [0.4, 0.5) is 0 Å². The number of pyridine rings is 1. The molecule has 2 N–H and O–H groups in total. The van der Waals surface area contributed by atoms with Gasteiger partial charge in [-0.1, -0.05) is 54.6 Å². The van der Waals surface area contributed by atoms with Crippen molar-refractivity contribution in [3.05, 3.63) is 119 Å². The molecule has 0 bridgehead atoms. The minimum absolute atomic E-state index is 0.117. The Bertz CT molecular complexity index is 1450. The van der Waals surface area contributed by atoms with Gasteiger partial charge in [0.1, 0.15) is 18.4 Å². The fourth-order valence-electron chi connectivity index (χ4n) is 5.30. The summed E-state index contributed by atoms with van der Waals surface area (Å²) in [6.45, 7) is 5.61. The number of nitriles is 1. The molecule has 0 saturated heterocycles. The van der Waals surface area contributed by atoms with Crippen molar-refractivity contribution >= 4 is 0 Å². The maximum Gasteiger partial charge on any atom is 0.120 e. The topological polar surface area (TPSA) is 81.4 Å². The second kappa shape index (κ2) is 12.7. The van der Waals surface area contributed by atoms with Crippen molar-refractivity contribution in [2.45, 2.75) is 39.1 Å². The first-order valence-corrected chi connectivity index (χ1v) is 13.4. The zero-order valence-electron chi connectivity index (χ0n) is 22.3. The van der Waals surface area contributed by atoms with Crippen LogP contribution in [0, 0.1) is 18.3 Å². The van der Waals surface area contributed by atoms with Crippen LogP contribution in [0.5, 0.6) is 5.75 Å². The van der Waals surface area contributed by atoms with Crippen LogP contribution in [0.15, 0.2) is 85.2 Å². The number of hydrogen-bond acceptors (Lipinski definition) is 6. The van der Waals surface area contributed by atoms with Gasteiger partial charge < -0.3 is 15.2 Å². The molecule has 1 aliphatic rings. The van der Waals surface area contributed by atoms with E-state index in [0.717, 1.165) is 30.8 Å². The lowest BCUT2D eigenvalue weighted by atomic mass is 9.93. The highest BCUT2D eigenvalue weighted by molar-refractivity contribution is 5.68. The molecule has 0 saturated carbocycles. The third-order valence-corrected chi connectivity index (χ3v) is 7.43. The summed E-state index contributed by atoms with van der Waals surface area (Å²) in [4.78, 5) is 6.67. The number of aromatic nitrogens is 1. The van der Waals surface area contributed by atoms with Gasteiger partial charge in [-0.25, -0.2) is 0 Å². The summed E-state index contributed by atoms with van der Waals surface area (Å²) in [6, 6.07) is 27.6. The first-order chi connectivity index (χ1) is 19.1. The third-order valence-electron chi connectivity index (χ3n) is 7.43. The zero-order valence-corrected chi connectivity index (χ0v) is 22.3. The molecule has 6 nitrogen and oxygen atoms in total. The molecule has 1 atom stereocenters. The van der Waals surface area contributed by atoms with Gasteiger partial charge in [0, 0.05) is 44.6 Å². The molecule has 0 fully saturated rings. The average molecular weight is 519 g/mol. The second-order valence-corrected chi connectivity index (χ2v) is 10.1. The minimum Gasteiger partial charge on any atom is -0.489 e. The largest absolute Gasteiger partial charge is 0.489 e. The lowest BCUT2D eigenvalue weighted by Crippen LogP contribution is -2.46. The van der Waals surface area contributed by atoms with E-state index < -0.39 is 0 Å². The van der Waals surface area contributed by atoms with Crippen LogP contribution in [0.3, 0.4) is 0 Å². The zero-order chi connectivity index (χ0) is 27.0. The van der Waals surface area contributed by atoms with Gasteiger partial charge in [0.15, 0.2) is 0 Å². The maximum absolute atomic E-state index is 9.30. The number of nitrogens with one attached hydrogen (secondary N) is 1. The molecule has 1 aromatic heterocycles. The van der Waals surface area contributed by atoms with E-state index in [2.05, 4.69) is 88.9 Å². The molecular formula is C33H34N4O2. The van der Waals surface area contributed by atoms with Crippen molar-refractivity contribution in [2.75, 3.05) is 19.7 Å². The number of ether oxygens (including phenoxy) is 1. The van der Waals surface area contributed by atoms with Gasteiger partial charge in [0.05, 0.1) is 12.2 Å². The number of benzene rings is 3. The fraction of sp³-hybridized carbons (Fsp3) is 0.273. The monoisotopic (exact) mass is 518 g/mol. The quantitative estimate of drug-likeness (QED) is 0.287. The molecule has 4 aromatic rings. The molecule has 39 heavy (non-hydrogen) atoms. The number of rotatable bonds is 10. The van der Waals surface area contributed by atoms with E-state index in [0.29, 0.717) is 25.3 Å². The maximum atomic E-state index is 9.30. The second-order valence-electron chi connectivity index (χ2n) is 10.1. The van der Waals surface area contributed by atoms with Crippen molar-refractivity contribution in [1.29, 1.82) is 5.26 Å². The Hall–Kier alpha value is -4.02. The standard InChI is InChI=1S/C33H34N4O2/c1-24-29(8-5-9-33(24)27-6-3-2-4-7-27)23-39-32-11-10-28-15-31(20-35-12-13-38)37(22-30(28)16-32)21-26-14-25(17-34)18-36-19-26/h2-11,14,16,18-19,31,35,38H,12-13,15,20-23H2,1H3/t31-/m0/s1. The summed E-state index contributed by atoms with van der Waals surface area (Å²) in [7, 11) is 0. The van der Waals surface area contributed by atoms with E-state index >= 15 is 0 Å². The molecule has 1 aliphatic heterocycles. The molecule has 0 aliphatic carbocycles. The fourth-order valence-corrected chi connectivity index (χ4v) is 5.30. The molecule has 0 amide bonds. The van der Waals surface area contributed by atoms with Crippen LogP contribution >= 0.6 is 0 Å². The highest BCUT2D eigenvalue weighted by atomic mass is 16.5. The van der Waals surface area contributed by atoms with Crippen LogP contribution in [-0.4, -0.2) is 40.7 Å². The number of hydrogen-bond donors (Lipinski definition) is 2. The Kier molecular flexibility index (Phi) is 8.65. The molecule has 0 radical (unpaired) electrons. The molecule has 0 unspecified atom stereocenters. The number of aliphatic hydroxyl groups excluding tert-OH is 1. The van der Waals surface area contributed by atoms with Gasteiger partial charge in [0.25, 0.3) is 0 Å². The third kappa shape index (κ3) is 6.52. The van der Waals surface area contributed by atoms with Gasteiger partial charge in [-0.05, 0) is 70.5 Å². The summed E-state index contributed by atoms with van der Waals surface area (Å²) < 4.78 is 6.32. The molecule has 5 rings (SSSR count). The number of nitrogens with zero attached hydrogens (tertiary/aromatic N) is 3. The van der Waals surface area contributed by atoms with E-state index in [1.165, 1.54) is 33.4 Å². The summed E-state index contributed by atoms with van der Waals surface area (Å²) in [5.74, 6) is 0.864. The molecule has 2 heterocycles. The van der Waals surface area contributed by atoms with Crippen LogP contribution in [0.25, 0.3) is 11.1 Å². The van der Waals surface area contributed by atoms with Crippen LogP contribution in [0.1, 0.15) is 33.4 Å². The predicted molar refractivity (Wildman–Crippen MR) is 153 cm³/mol. The lowest BCUT2D eigenvalue weighted by Gasteiger charge is -2.37. The van der Waals surface area contributed by atoms with Gasteiger partial charge in [0.2, 0.25) is 0 Å². The van der Waals surface area contributed by atoms with Crippen molar-refractivity contribution < 1.29 is 9.84 Å². The van der Waals surface area contributed by atoms with E-state index in [9.17, 15) is 10.4 Å². The summed E-state index contributed by atoms with van der Waals surface area (Å²) in [5.41, 5.74) is 9.02. The Labute approximate surface area is 230 Å². The summed E-state index contributed by atoms with van der Waals surface area (Å²) in [5, 5.41) is 21.9. The Morgan fingerprint density at radius 3 is 2.74 bits per heavy atom. The van der Waals surface area contributed by atoms with E-state index in [-0.39, 0.29) is 12.6 Å². The predicted octanol–water partition coefficient (Wildman–Crippen LogP) is 5.02. The Balaban J connectivity index is 1.32. The first-order valence-electron chi connectivity index (χ1n) is 13.4. The Morgan fingerprint density at radius 1 is 1.05 bits per heavy atom. The van der Waals surface area contributed by atoms with Gasteiger partial charge in [-0.3, -0.25) is 9.88 Å². The number of aliphatic hydroxyl groups is 1. The molecule has 3 aromatic carbocycles. The highest BCUT2D eigenvalue weighted by Crippen LogP contribution is 2.30. The van der Waals surface area contributed by atoms with Crippen molar-refractivity contribution in [3.8, 4) is 22.9 Å². The lowest BCUT2D eigenvalue weighted by molar-refractivity contribution is 0.156. The molecule has 0 spiro atoms. The van der Waals surface area contributed by atoms with Crippen molar-refractivity contribution in [2.24, 2.45) is 0 Å². The van der Waals surface area contributed by atoms with Crippen LogP contribution in [-0.2, 0) is 26.1 Å². The van der Waals surface area contributed by atoms with Gasteiger partial charge in [-0.2, -0.15) is 5.26 Å². The number of fused-ring (bicyclic) bond motifs is 1. The van der Waals surface area contributed by atoms with Gasteiger partial charge in [-0.15, -0.1) is 0 Å². The van der Waals surface area contributed by atoms with Crippen LogP contribution in [0.2, 0.25) is 0 Å². The molecule has 198 valence electrons. The average Bonchev–Trinajstić information content (AvgIpc) is 2.97. The first kappa shape index (κ1) is 26.6. The normalized spacial score (nSPS) is 14.9. The Morgan fingerprint density at radius 2 is 1.92 bits per heavy atom. The van der Waals surface area contributed by atoms with E-state index in [1.807, 2.05) is 18.3 Å². The van der Waals surface area contributed by atoms with E-state index in [1.54, 1.807) is 6.20 Å².